The molecule has 0 amide bonds. The van der Waals surface area contributed by atoms with Crippen molar-refractivity contribution in [3.05, 3.63) is 133 Å². The van der Waals surface area contributed by atoms with E-state index in [4.69, 9.17) is 9.40 Å². The van der Waals surface area contributed by atoms with Crippen LogP contribution in [0.15, 0.2) is 138 Å². The van der Waals surface area contributed by atoms with Crippen molar-refractivity contribution in [3.63, 3.8) is 0 Å². The SMILES string of the molecule is c1ccc(N(c2ccc(-c3nc4c(s3)-c3cccc5cccc-4c35)cc2)c2ccc3c(c2)oc2ccccc23)cc1. The lowest BCUT2D eigenvalue weighted by atomic mass is 10.0. The molecule has 0 saturated heterocycles. The van der Waals surface area contributed by atoms with Crippen LogP contribution in [-0.4, -0.2) is 4.98 Å². The molecule has 0 bridgehead atoms. The summed E-state index contributed by atoms with van der Waals surface area (Å²) in [4.78, 5) is 8.68. The summed E-state index contributed by atoms with van der Waals surface area (Å²) >= 11 is 1.78. The summed E-state index contributed by atoms with van der Waals surface area (Å²) in [7, 11) is 0. The first-order chi connectivity index (χ1) is 20.3. The van der Waals surface area contributed by atoms with Gasteiger partial charge in [-0.25, -0.2) is 4.98 Å². The van der Waals surface area contributed by atoms with E-state index in [0.717, 1.165) is 55.3 Å². The predicted octanol–water partition coefficient (Wildman–Crippen LogP) is 11.0. The van der Waals surface area contributed by atoms with Gasteiger partial charge >= 0.3 is 0 Å². The third kappa shape index (κ3) is 3.41. The number of benzene rings is 6. The Morgan fingerprint density at radius 3 is 2.12 bits per heavy atom. The van der Waals surface area contributed by atoms with Crippen LogP contribution >= 0.6 is 11.3 Å². The van der Waals surface area contributed by atoms with Crippen LogP contribution in [0, 0.1) is 0 Å². The van der Waals surface area contributed by atoms with E-state index in [2.05, 4.69) is 120 Å². The molecule has 9 rings (SSSR count). The summed E-state index contributed by atoms with van der Waals surface area (Å²) in [5.41, 5.74) is 9.77. The summed E-state index contributed by atoms with van der Waals surface area (Å²) < 4.78 is 6.23. The molecule has 0 radical (unpaired) electrons. The van der Waals surface area contributed by atoms with Gasteiger partial charge in [0.15, 0.2) is 0 Å². The first-order valence-electron chi connectivity index (χ1n) is 13.7. The third-order valence-corrected chi connectivity index (χ3v) is 9.18. The minimum absolute atomic E-state index is 0.883. The average molecular weight is 543 g/mol. The van der Waals surface area contributed by atoms with Gasteiger partial charge in [0.25, 0.3) is 0 Å². The largest absolute Gasteiger partial charge is 0.456 e. The van der Waals surface area contributed by atoms with Crippen LogP contribution in [0.2, 0.25) is 0 Å². The van der Waals surface area contributed by atoms with E-state index in [1.807, 2.05) is 18.2 Å². The third-order valence-electron chi connectivity index (χ3n) is 8.04. The summed E-state index contributed by atoms with van der Waals surface area (Å²) in [5, 5.41) is 5.91. The maximum Gasteiger partial charge on any atom is 0.137 e. The van der Waals surface area contributed by atoms with Crippen molar-refractivity contribution in [1.82, 2.24) is 4.98 Å². The maximum atomic E-state index is 6.23. The van der Waals surface area contributed by atoms with E-state index in [1.165, 1.54) is 26.8 Å². The second kappa shape index (κ2) is 8.65. The van der Waals surface area contributed by atoms with Gasteiger partial charge in [-0.15, -0.1) is 11.3 Å². The number of nitrogens with zero attached hydrogens (tertiary/aromatic N) is 2. The van der Waals surface area contributed by atoms with Gasteiger partial charge in [-0.1, -0.05) is 72.8 Å². The summed E-state index contributed by atoms with van der Waals surface area (Å²) in [5.74, 6) is 0. The molecule has 0 spiro atoms. The van der Waals surface area contributed by atoms with Gasteiger partial charge in [0.1, 0.15) is 16.2 Å². The van der Waals surface area contributed by atoms with E-state index >= 15 is 0 Å². The maximum absolute atomic E-state index is 6.23. The fourth-order valence-corrected chi connectivity index (χ4v) is 7.28. The fourth-order valence-electron chi connectivity index (χ4n) is 6.17. The highest BCUT2D eigenvalue weighted by Crippen LogP contribution is 2.51. The second-order valence-corrected chi connectivity index (χ2v) is 11.4. The van der Waals surface area contributed by atoms with Crippen molar-refractivity contribution in [2.45, 2.75) is 0 Å². The number of anilines is 3. The zero-order valence-electron chi connectivity index (χ0n) is 21.9. The van der Waals surface area contributed by atoms with Gasteiger partial charge in [-0.2, -0.15) is 0 Å². The van der Waals surface area contributed by atoms with Crippen LogP contribution < -0.4 is 4.90 Å². The minimum atomic E-state index is 0.883. The first kappa shape index (κ1) is 22.6. The van der Waals surface area contributed by atoms with Crippen molar-refractivity contribution in [3.8, 4) is 32.3 Å². The molecular formula is C37H22N2OS. The van der Waals surface area contributed by atoms with E-state index in [-0.39, 0.29) is 0 Å². The van der Waals surface area contributed by atoms with Gasteiger partial charge in [-0.3, -0.25) is 0 Å². The molecule has 0 aliphatic heterocycles. The number of thiazole rings is 1. The lowest BCUT2D eigenvalue weighted by Crippen LogP contribution is -2.09. The molecule has 3 nitrogen and oxygen atoms in total. The number of hydrogen-bond donors (Lipinski definition) is 0. The Balaban J connectivity index is 1.13. The Morgan fingerprint density at radius 1 is 0.561 bits per heavy atom. The summed E-state index contributed by atoms with van der Waals surface area (Å²) in [6.07, 6.45) is 0. The summed E-state index contributed by atoms with van der Waals surface area (Å²) in [6, 6.07) is 47.0. The number of hydrogen-bond acceptors (Lipinski definition) is 4. The molecule has 2 aromatic heterocycles. The van der Waals surface area contributed by atoms with Crippen LogP contribution in [0.5, 0.6) is 0 Å². The number of furan rings is 1. The average Bonchev–Trinajstić information content (AvgIpc) is 3.71. The van der Waals surface area contributed by atoms with Crippen molar-refractivity contribution < 1.29 is 4.42 Å². The van der Waals surface area contributed by atoms with Gasteiger partial charge in [0, 0.05) is 50.6 Å². The Hall–Kier alpha value is -5.19. The Kier molecular flexibility index (Phi) is 4.77. The Bertz CT molecular complexity index is 2210. The minimum Gasteiger partial charge on any atom is -0.456 e. The predicted molar refractivity (Wildman–Crippen MR) is 171 cm³/mol. The van der Waals surface area contributed by atoms with Crippen molar-refractivity contribution in [2.24, 2.45) is 0 Å². The van der Waals surface area contributed by atoms with Gasteiger partial charge < -0.3 is 9.32 Å². The van der Waals surface area contributed by atoms with Crippen LogP contribution in [0.25, 0.3) is 65.0 Å². The van der Waals surface area contributed by atoms with Crippen LogP contribution in [0.1, 0.15) is 0 Å². The lowest BCUT2D eigenvalue weighted by Gasteiger charge is -2.25. The number of para-hydroxylation sites is 2. The molecule has 192 valence electrons. The molecule has 0 saturated carbocycles. The van der Waals surface area contributed by atoms with Crippen molar-refractivity contribution in [1.29, 1.82) is 0 Å². The first-order valence-corrected chi connectivity index (χ1v) is 14.5. The smallest absolute Gasteiger partial charge is 0.137 e. The van der Waals surface area contributed by atoms with Crippen LogP contribution in [0.4, 0.5) is 17.1 Å². The van der Waals surface area contributed by atoms with Gasteiger partial charge in [0.2, 0.25) is 0 Å². The van der Waals surface area contributed by atoms with Crippen molar-refractivity contribution in [2.75, 3.05) is 4.90 Å². The molecular weight excluding hydrogens is 520 g/mol. The monoisotopic (exact) mass is 542 g/mol. The van der Waals surface area contributed by atoms with E-state index < -0.39 is 0 Å². The zero-order valence-corrected chi connectivity index (χ0v) is 22.7. The summed E-state index contributed by atoms with van der Waals surface area (Å²) in [6.45, 7) is 0. The Morgan fingerprint density at radius 2 is 1.27 bits per heavy atom. The quantitative estimate of drug-likeness (QED) is 0.221. The van der Waals surface area contributed by atoms with Gasteiger partial charge in [0.05, 0.1) is 10.6 Å². The Labute approximate surface area is 240 Å². The van der Waals surface area contributed by atoms with E-state index in [0.29, 0.717) is 0 Å². The second-order valence-electron chi connectivity index (χ2n) is 10.4. The zero-order chi connectivity index (χ0) is 26.9. The molecule has 8 aromatic rings. The molecule has 2 heterocycles. The highest BCUT2D eigenvalue weighted by molar-refractivity contribution is 7.19. The van der Waals surface area contributed by atoms with Crippen molar-refractivity contribution >= 4 is 61.1 Å². The fraction of sp³-hybridized carbons (Fsp3) is 0. The number of rotatable bonds is 4. The molecule has 1 aliphatic carbocycles. The van der Waals surface area contributed by atoms with E-state index in [1.54, 1.807) is 11.3 Å². The van der Waals surface area contributed by atoms with Crippen LogP contribution in [-0.2, 0) is 0 Å². The molecule has 41 heavy (non-hydrogen) atoms. The highest BCUT2D eigenvalue weighted by atomic mass is 32.1. The number of aromatic nitrogens is 1. The standard InChI is InChI=1S/C37H22N2OS/c1-2-10-25(11-3-1)39(27-20-21-29-28-12-4-5-15-32(28)40-33(29)22-27)26-18-16-24(17-19-26)37-38-35-30-13-6-8-23-9-7-14-31(34(23)30)36(35)41-37/h1-22H. The van der Waals surface area contributed by atoms with Gasteiger partial charge in [-0.05, 0) is 65.4 Å². The lowest BCUT2D eigenvalue weighted by molar-refractivity contribution is 0.669. The van der Waals surface area contributed by atoms with E-state index in [9.17, 15) is 0 Å². The van der Waals surface area contributed by atoms with Crippen LogP contribution in [0.3, 0.4) is 0 Å². The highest BCUT2D eigenvalue weighted by Gasteiger charge is 2.26. The molecule has 0 atom stereocenters. The normalized spacial score (nSPS) is 11.9. The molecule has 1 aliphatic rings. The molecule has 0 fully saturated rings. The molecule has 0 N–H and O–H groups in total. The molecule has 4 heteroatoms. The molecule has 0 unspecified atom stereocenters. The topological polar surface area (TPSA) is 29.3 Å². The molecule has 6 aromatic carbocycles. The number of fused-ring (bicyclic) bond motifs is 6.